The Labute approximate surface area is 115 Å². The molecule has 1 saturated carbocycles. The number of rotatable bonds is 6. The molecule has 3 unspecified atom stereocenters. The number of carbonyl (C=O) groups is 2. The van der Waals surface area contributed by atoms with E-state index in [1.54, 1.807) is 6.92 Å². The lowest BCUT2D eigenvalue weighted by Crippen LogP contribution is -2.47. The van der Waals surface area contributed by atoms with Crippen molar-refractivity contribution in [3.8, 4) is 0 Å². The molecule has 1 fully saturated rings. The van der Waals surface area contributed by atoms with Crippen molar-refractivity contribution in [1.29, 1.82) is 0 Å². The highest BCUT2D eigenvalue weighted by Gasteiger charge is 2.28. The van der Waals surface area contributed by atoms with Crippen LogP contribution in [0.1, 0.15) is 46.0 Å². The third-order valence-corrected chi connectivity index (χ3v) is 3.79. The highest BCUT2D eigenvalue weighted by atomic mass is 16.2. The van der Waals surface area contributed by atoms with Crippen molar-refractivity contribution in [2.45, 2.75) is 52.0 Å². The minimum atomic E-state index is -0.461. The molecule has 0 aromatic heterocycles. The van der Waals surface area contributed by atoms with Gasteiger partial charge in [0.1, 0.15) is 6.04 Å². The summed E-state index contributed by atoms with van der Waals surface area (Å²) < 4.78 is 0. The van der Waals surface area contributed by atoms with Crippen LogP contribution in [0.25, 0.3) is 0 Å². The molecule has 0 saturated heterocycles. The van der Waals surface area contributed by atoms with Gasteiger partial charge in [0.2, 0.25) is 11.8 Å². The summed E-state index contributed by atoms with van der Waals surface area (Å²) in [4.78, 5) is 23.8. The highest BCUT2D eigenvalue weighted by molar-refractivity contribution is 5.88. The van der Waals surface area contributed by atoms with Gasteiger partial charge >= 0.3 is 0 Å². The molecular formula is C14H27N3O2. The zero-order valence-electron chi connectivity index (χ0n) is 12.1. The van der Waals surface area contributed by atoms with E-state index in [0.717, 1.165) is 32.1 Å². The summed E-state index contributed by atoms with van der Waals surface area (Å²) in [6, 6.07) is -0.461. The largest absolute Gasteiger partial charge is 0.354 e. The van der Waals surface area contributed by atoms with E-state index in [1.165, 1.54) is 0 Å². The van der Waals surface area contributed by atoms with E-state index < -0.39 is 6.04 Å². The molecule has 0 bridgehead atoms. The summed E-state index contributed by atoms with van der Waals surface area (Å²) in [5, 5.41) is 5.60. The predicted molar refractivity (Wildman–Crippen MR) is 75.4 cm³/mol. The predicted octanol–water partition coefficient (Wildman–Crippen LogP) is 0.782. The van der Waals surface area contributed by atoms with Crippen LogP contribution in [-0.2, 0) is 9.59 Å². The SMILES string of the molecule is CCCNC(=O)C(C)NC(=O)C1CCCC(CN)C1. The smallest absolute Gasteiger partial charge is 0.242 e. The van der Waals surface area contributed by atoms with E-state index in [9.17, 15) is 9.59 Å². The fourth-order valence-electron chi connectivity index (χ4n) is 2.54. The Balaban J connectivity index is 2.38. The van der Waals surface area contributed by atoms with Crippen molar-refractivity contribution < 1.29 is 9.59 Å². The number of hydrogen-bond acceptors (Lipinski definition) is 3. The quantitative estimate of drug-likeness (QED) is 0.666. The highest BCUT2D eigenvalue weighted by Crippen LogP contribution is 2.28. The van der Waals surface area contributed by atoms with Crippen molar-refractivity contribution in [1.82, 2.24) is 10.6 Å². The maximum absolute atomic E-state index is 12.1. The molecule has 0 aromatic rings. The second-order valence-corrected chi connectivity index (χ2v) is 5.49. The summed E-state index contributed by atoms with van der Waals surface area (Å²) in [7, 11) is 0. The maximum atomic E-state index is 12.1. The molecule has 0 spiro atoms. The van der Waals surface area contributed by atoms with Gasteiger partial charge in [-0.3, -0.25) is 9.59 Å². The molecule has 5 heteroatoms. The van der Waals surface area contributed by atoms with Crippen molar-refractivity contribution in [2.75, 3.05) is 13.1 Å². The molecule has 0 aromatic carbocycles. The molecule has 19 heavy (non-hydrogen) atoms. The van der Waals surface area contributed by atoms with Crippen molar-refractivity contribution >= 4 is 11.8 Å². The Morgan fingerprint density at radius 3 is 2.74 bits per heavy atom. The Morgan fingerprint density at radius 2 is 2.11 bits per heavy atom. The second kappa shape index (κ2) is 8.15. The van der Waals surface area contributed by atoms with Gasteiger partial charge in [0.05, 0.1) is 0 Å². The first-order valence-electron chi connectivity index (χ1n) is 7.36. The molecule has 1 aliphatic carbocycles. The monoisotopic (exact) mass is 269 g/mol. The average molecular weight is 269 g/mol. The van der Waals surface area contributed by atoms with Gasteiger partial charge in [0, 0.05) is 12.5 Å². The zero-order valence-corrected chi connectivity index (χ0v) is 12.1. The summed E-state index contributed by atoms with van der Waals surface area (Å²) in [5.74, 6) is 0.358. The average Bonchev–Trinajstić information content (AvgIpc) is 2.44. The minimum absolute atomic E-state index is 0.00250. The van der Waals surface area contributed by atoms with Crippen LogP contribution >= 0.6 is 0 Å². The molecule has 110 valence electrons. The Hall–Kier alpha value is -1.10. The molecule has 0 radical (unpaired) electrons. The van der Waals surface area contributed by atoms with Crippen LogP contribution in [0, 0.1) is 11.8 Å². The fourth-order valence-corrected chi connectivity index (χ4v) is 2.54. The number of carbonyl (C=O) groups excluding carboxylic acids is 2. The summed E-state index contributed by atoms with van der Waals surface area (Å²) >= 11 is 0. The van der Waals surface area contributed by atoms with Gasteiger partial charge in [-0.15, -0.1) is 0 Å². The molecular weight excluding hydrogens is 242 g/mol. The normalized spacial score (nSPS) is 24.6. The third-order valence-electron chi connectivity index (χ3n) is 3.79. The van der Waals surface area contributed by atoms with Crippen LogP contribution in [0.2, 0.25) is 0 Å². The van der Waals surface area contributed by atoms with Gasteiger partial charge < -0.3 is 16.4 Å². The van der Waals surface area contributed by atoms with Gasteiger partial charge in [0.15, 0.2) is 0 Å². The fraction of sp³-hybridized carbons (Fsp3) is 0.857. The standard InChI is InChI=1S/C14H27N3O2/c1-3-7-16-13(18)10(2)17-14(19)12-6-4-5-11(8-12)9-15/h10-12H,3-9,15H2,1-2H3,(H,16,18)(H,17,19). The maximum Gasteiger partial charge on any atom is 0.242 e. The zero-order chi connectivity index (χ0) is 14.3. The van der Waals surface area contributed by atoms with Crippen LogP contribution in [0.15, 0.2) is 0 Å². The van der Waals surface area contributed by atoms with Crippen LogP contribution in [-0.4, -0.2) is 30.9 Å². The van der Waals surface area contributed by atoms with Crippen LogP contribution < -0.4 is 16.4 Å². The van der Waals surface area contributed by atoms with Gasteiger partial charge in [-0.2, -0.15) is 0 Å². The topological polar surface area (TPSA) is 84.2 Å². The first-order chi connectivity index (χ1) is 9.08. The van der Waals surface area contributed by atoms with Crippen LogP contribution in [0.5, 0.6) is 0 Å². The molecule has 2 amide bonds. The molecule has 0 heterocycles. The number of nitrogens with two attached hydrogens (primary N) is 1. The van der Waals surface area contributed by atoms with Gasteiger partial charge in [0.25, 0.3) is 0 Å². The molecule has 0 aliphatic heterocycles. The Kier molecular flexibility index (Phi) is 6.84. The van der Waals surface area contributed by atoms with E-state index in [1.807, 2.05) is 6.92 Å². The van der Waals surface area contributed by atoms with E-state index in [4.69, 9.17) is 5.73 Å². The Bertz CT molecular complexity index is 307. The molecule has 1 aliphatic rings. The van der Waals surface area contributed by atoms with E-state index in [-0.39, 0.29) is 17.7 Å². The number of hydrogen-bond donors (Lipinski definition) is 3. The first-order valence-corrected chi connectivity index (χ1v) is 7.36. The second-order valence-electron chi connectivity index (χ2n) is 5.49. The van der Waals surface area contributed by atoms with E-state index in [2.05, 4.69) is 10.6 Å². The number of nitrogens with one attached hydrogen (secondary N) is 2. The van der Waals surface area contributed by atoms with E-state index >= 15 is 0 Å². The van der Waals surface area contributed by atoms with Gasteiger partial charge in [-0.1, -0.05) is 13.3 Å². The lowest BCUT2D eigenvalue weighted by Gasteiger charge is -2.28. The molecule has 5 nitrogen and oxygen atoms in total. The van der Waals surface area contributed by atoms with Gasteiger partial charge in [-0.05, 0) is 45.1 Å². The Morgan fingerprint density at radius 1 is 1.37 bits per heavy atom. The lowest BCUT2D eigenvalue weighted by atomic mass is 9.81. The van der Waals surface area contributed by atoms with Gasteiger partial charge in [-0.25, -0.2) is 0 Å². The van der Waals surface area contributed by atoms with Crippen LogP contribution in [0.3, 0.4) is 0 Å². The third kappa shape index (κ3) is 5.19. The van der Waals surface area contributed by atoms with E-state index in [0.29, 0.717) is 19.0 Å². The van der Waals surface area contributed by atoms with Crippen molar-refractivity contribution in [3.63, 3.8) is 0 Å². The lowest BCUT2D eigenvalue weighted by molar-refractivity contribution is -0.131. The minimum Gasteiger partial charge on any atom is -0.354 e. The molecule has 3 atom stereocenters. The summed E-state index contributed by atoms with van der Waals surface area (Å²) in [6.07, 6.45) is 4.83. The van der Waals surface area contributed by atoms with Crippen molar-refractivity contribution in [2.24, 2.45) is 17.6 Å². The molecule has 4 N–H and O–H groups in total. The first kappa shape index (κ1) is 16.0. The number of amides is 2. The summed E-state index contributed by atoms with van der Waals surface area (Å²) in [5.41, 5.74) is 5.67. The van der Waals surface area contributed by atoms with Crippen molar-refractivity contribution in [3.05, 3.63) is 0 Å². The summed E-state index contributed by atoms with van der Waals surface area (Å²) in [6.45, 7) is 5.03. The molecule has 1 rings (SSSR count). The van der Waals surface area contributed by atoms with Crippen LogP contribution in [0.4, 0.5) is 0 Å².